The number of carbonyl (C=O) groups excluding carboxylic acids is 1. The Hall–Kier alpha value is -2.34. The van der Waals surface area contributed by atoms with Gasteiger partial charge in [0.2, 0.25) is 0 Å². The first kappa shape index (κ1) is 15.6. The maximum absolute atomic E-state index is 12.9. The van der Waals surface area contributed by atoms with Gasteiger partial charge in [-0.1, -0.05) is 0 Å². The van der Waals surface area contributed by atoms with Crippen LogP contribution >= 0.6 is 0 Å². The van der Waals surface area contributed by atoms with E-state index in [0.717, 1.165) is 0 Å². The first-order chi connectivity index (χ1) is 11.1. The van der Waals surface area contributed by atoms with Gasteiger partial charge in [0.05, 0.1) is 18.7 Å². The zero-order valence-electron chi connectivity index (χ0n) is 12.8. The van der Waals surface area contributed by atoms with Crippen LogP contribution in [0.3, 0.4) is 0 Å². The largest absolute Gasteiger partial charge is 0.491 e. The van der Waals surface area contributed by atoms with Crippen LogP contribution in [0, 0.1) is 12.7 Å². The molecular formula is C17H18FNO4. The lowest BCUT2D eigenvalue weighted by atomic mass is 10.2. The molecule has 2 aromatic rings. The van der Waals surface area contributed by atoms with Crippen LogP contribution in [0.4, 0.5) is 4.39 Å². The molecule has 0 saturated carbocycles. The van der Waals surface area contributed by atoms with Crippen molar-refractivity contribution in [3.05, 3.63) is 53.7 Å². The molecule has 3 rings (SSSR count). The summed E-state index contributed by atoms with van der Waals surface area (Å²) < 4.78 is 29.3. The van der Waals surface area contributed by atoms with Gasteiger partial charge in [0.1, 0.15) is 36.3 Å². The lowest BCUT2D eigenvalue weighted by molar-refractivity contribution is -0.0401. The number of hydrogen-bond acceptors (Lipinski definition) is 4. The highest BCUT2D eigenvalue weighted by molar-refractivity contribution is 5.94. The van der Waals surface area contributed by atoms with E-state index < -0.39 is 0 Å². The summed E-state index contributed by atoms with van der Waals surface area (Å²) >= 11 is 0. The molecular weight excluding hydrogens is 301 g/mol. The standard InChI is InChI=1S/C17H18FNO4/c1-12-8-13(10-22-12)17(20)19-6-7-21-16(9-19)11-23-15-4-2-14(18)3-5-15/h2-5,8,10,16H,6-7,9,11H2,1H3. The number of halogens is 1. The molecule has 122 valence electrons. The predicted molar refractivity (Wildman–Crippen MR) is 81.0 cm³/mol. The van der Waals surface area contributed by atoms with Crippen LogP contribution in [0.15, 0.2) is 41.0 Å². The molecule has 0 spiro atoms. The molecule has 1 aromatic carbocycles. The molecule has 6 heteroatoms. The summed E-state index contributed by atoms with van der Waals surface area (Å²) in [5.41, 5.74) is 0.544. The molecule has 0 aliphatic carbocycles. The molecule has 5 nitrogen and oxygen atoms in total. The van der Waals surface area contributed by atoms with Crippen molar-refractivity contribution in [3.8, 4) is 5.75 Å². The highest BCUT2D eigenvalue weighted by Gasteiger charge is 2.26. The van der Waals surface area contributed by atoms with Crippen LogP contribution in [-0.4, -0.2) is 43.2 Å². The van der Waals surface area contributed by atoms with Crippen molar-refractivity contribution in [1.29, 1.82) is 0 Å². The minimum Gasteiger partial charge on any atom is -0.491 e. The number of furan rings is 1. The van der Waals surface area contributed by atoms with Crippen LogP contribution in [0.5, 0.6) is 5.75 Å². The predicted octanol–water partition coefficient (Wildman–Crippen LogP) is 2.65. The third-order valence-electron chi connectivity index (χ3n) is 3.65. The summed E-state index contributed by atoms with van der Waals surface area (Å²) in [5, 5.41) is 0. The SMILES string of the molecule is Cc1cc(C(=O)N2CCOC(COc3ccc(F)cc3)C2)co1. The Morgan fingerprint density at radius 1 is 1.39 bits per heavy atom. The second-order valence-corrected chi connectivity index (χ2v) is 5.45. The van der Waals surface area contributed by atoms with Crippen molar-refractivity contribution in [1.82, 2.24) is 4.90 Å². The summed E-state index contributed by atoms with van der Waals surface area (Å²) in [6, 6.07) is 7.54. The zero-order valence-corrected chi connectivity index (χ0v) is 12.8. The Morgan fingerprint density at radius 2 is 2.17 bits per heavy atom. The van der Waals surface area contributed by atoms with E-state index >= 15 is 0 Å². The number of morpholine rings is 1. The lowest BCUT2D eigenvalue weighted by Crippen LogP contribution is -2.47. The molecule has 1 aliphatic heterocycles. The van der Waals surface area contributed by atoms with E-state index in [9.17, 15) is 9.18 Å². The van der Waals surface area contributed by atoms with Gasteiger partial charge in [-0.05, 0) is 37.3 Å². The van der Waals surface area contributed by atoms with Crippen molar-refractivity contribution in [2.75, 3.05) is 26.3 Å². The summed E-state index contributed by atoms with van der Waals surface area (Å²) in [5.74, 6) is 0.900. The van der Waals surface area contributed by atoms with Gasteiger partial charge < -0.3 is 18.8 Å². The van der Waals surface area contributed by atoms with Gasteiger partial charge in [0.25, 0.3) is 5.91 Å². The molecule has 23 heavy (non-hydrogen) atoms. The maximum Gasteiger partial charge on any atom is 0.257 e. The molecule has 1 unspecified atom stereocenters. The Balaban J connectivity index is 1.55. The van der Waals surface area contributed by atoms with Crippen LogP contribution < -0.4 is 4.74 Å². The number of rotatable bonds is 4. The summed E-state index contributed by atoms with van der Waals surface area (Å²) in [7, 11) is 0. The summed E-state index contributed by atoms with van der Waals surface area (Å²) in [4.78, 5) is 14.1. The van der Waals surface area contributed by atoms with Crippen LogP contribution in [-0.2, 0) is 4.74 Å². The maximum atomic E-state index is 12.9. The summed E-state index contributed by atoms with van der Waals surface area (Å²) in [6.07, 6.45) is 1.25. The zero-order chi connectivity index (χ0) is 16.2. The average molecular weight is 319 g/mol. The van der Waals surface area contributed by atoms with Gasteiger partial charge in [-0.3, -0.25) is 4.79 Å². The highest BCUT2D eigenvalue weighted by Crippen LogP contribution is 2.15. The fourth-order valence-corrected chi connectivity index (χ4v) is 2.46. The lowest BCUT2D eigenvalue weighted by Gasteiger charge is -2.32. The number of carbonyl (C=O) groups is 1. The van der Waals surface area contributed by atoms with Crippen molar-refractivity contribution in [2.45, 2.75) is 13.0 Å². The normalized spacial score (nSPS) is 18.0. The van der Waals surface area contributed by atoms with Gasteiger partial charge in [-0.2, -0.15) is 0 Å². The van der Waals surface area contributed by atoms with E-state index in [1.165, 1.54) is 18.4 Å². The Labute approximate surface area is 133 Å². The van der Waals surface area contributed by atoms with Crippen LogP contribution in [0.1, 0.15) is 16.1 Å². The van der Waals surface area contributed by atoms with E-state index in [-0.39, 0.29) is 17.8 Å². The number of hydrogen-bond donors (Lipinski definition) is 0. The van der Waals surface area contributed by atoms with Crippen molar-refractivity contribution in [2.24, 2.45) is 0 Å². The van der Waals surface area contributed by atoms with E-state index in [4.69, 9.17) is 13.9 Å². The van der Waals surface area contributed by atoms with E-state index in [1.807, 2.05) is 0 Å². The molecule has 1 aromatic heterocycles. The van der Waals surface area contributed by atoms with Gasteiger partial charge in [0.15, 0.2) is 0 Å². The number of benzene rings is 1. The smallest absolute Gasteiger partial charge is 0.257 e. The first-order valence-corrected chi connectivity index (χ1v) is 7.46. The Bertz CT molecular complexity index is 667. The highest BCUT2D eigenvalue weighted by atomic mass is 19.1. The number of amides is 1. The minimum absolute atomic E-state index is 0.0723. The number of nitrogens with zero attached hydrogens (tertiary/aromatic N) is 1. The molecule has 2 heterocycles. The Morgan fingerprint density at radius 3 is 2.87 bits per heavy atom. The third-order valence-corrected chi connectivity index (χ3v) is 3.65. The van der Waals surface area contributed by atoms with Crippen molar-refractivity contribution in [3.63, 3.8) is 0 Å². The third kappa shape index (κ3) is 3.90. The topological polar surface area (TPSA) is 51.9 Å². The Kier molecular flexibility index (Phi) is 4.62. The average Bonchev–Trinajstić information content (AvgIpc) is 3.00. The van der Waals surface area contributed by atoms with E-state index in [2.05, 4.69) is 0 Å². The van der Waals surface area contributed by atoms with Crippen molar-refractivity contribution < 1.29 is 23.1 Å². The van der Waals surface area contributed by atoms with Crippen LogP contribution in [0.2, 0.25) is 0 Å². The molecule has 1 atom stereocenters. The van der Waals surface area contributed by atoms with Gasteiger partial charge in [-0.25, -0.2) is 4.39 Å². The molecule has 0 radical (unpaired) electrons. The van der Waals surface area contributed by atoms with Crippen LogP contribution in [0.25, 0.3) is 0 Å². The minimum atomic E-state index is -0.307. The molecule has 0 bridgehead atoms. The monoisotopic (exact) mass is 319 g/mol. The van der Waals surface area contributed by atoms with Gasteiger partial charge in [-0.15, -0.1) is 0 Å². The van der Waals surface area contributed by atoms with Gasteiger partial charge >= 0.3 is 0 Å². The van der Waals surface area contributed by atoms with E-state index in [1.54, 1.807) is 30.0 Å². The second kappa shape index (κ2) is 6.83. The molecule has 1 saturated heterocycles. The van der Waals surface area contributed by atoms with E-state index in [0.29, 0.717) is 43.4 Å². The number of ether oxygens (including phenoxy) is 2. The number of aryl methyl sites for hydroxylation is 1. The molecule has 1 fully saturated rings. The quantitative estimate of drug-likeness (QED) is 0.869. The van der Waals surface area contributed by atoms with Crippen molar-refractivity contribution >= 4 is 5.91 Å². The fraction of sp³-hybridized carbons (Fsp3) is 0.353. The first-order valence-electron chi connectivity index (χ1n) is 7.46. The second-order valence-electron chi connectivity index (χ2n) is 5.45. The summed E-state index contributed by atoms with van der Waals surface area (Å²) in [6.45, 7) is 3.55. The fourth-order valence-electron chi connectivity index (χ4n) is 2.46. The molecule has 1 aliphatic rings. The molecule has 0 N–H and O–H groups in total. The molecule has 1 amide bonds. The van der Waals surface area contributed by atoms with Gasteiger partial charge in [0, 0.05) is 6.54 Å².